The highest BCUT2D eigenvalue weighted by Crippen LogP contribution is 2.35. The normalized spacial score (nSPS) is 11.3. The fourth-order valence-electron chi connectivity index (χ4n) is 3.61. The van der Waals surface area contributed by atoms with Crippen LogP contribution in [0.15, 0.2) is 71.9 Å². The summed E-state index contributed by atoms with van der Waals surface area (Å²) in [4.78, 5) is 25.3. The second-order valence-corrected chi connectivity index (χ2v) is 8.54. The molecule has 0 aliphatic rings. The highest BCUT2D eigenvalue weighted by atomic mass is 35.5. The Morgan fingerprint density at radius 1 is 1.03 bits per heavy atom. The van der Waals surface area contributed by atoms with Crippen LogP contribution in [-0.4, -0.2) is 28.6 Å². The SMILES string of the molecule is CN(C)c1ccnc2sc3c(=O)n(-c4cccc(-c5ccccc5Cl)c4)cnc3c12. The smallest absolute Gasteiger partial charge is 0.275 e. The molecule has 0 saturated carbocycles. The Morgan fingerprint density at radius 2 is 1.87 bits per heavy atom. The minimum atomic E-state index is -0.107. The number of anilines is 1. The Balaban J connectivity index is 1.72. The van der Waals surface area contributed by atoms with Gasteiger partial charge in [0.15, 0.2) is 0 Å². The second-order valence-electron chi connectivity index (χ2n) is 7.13. The Hall–Kier alpha value is -3.22. The van der Waals surface area contributed by atoms with Crippen molar-refractivity contribution in [3.63, 3.8) is 0 Å². The summed E-state index contributed by atoms with van der Waals surface area (Å²) < 4.78 is 2.17. The summed E-state index contributed by atoms with van der Waals surface area (Å²) in [5, 5.41) is 1.58. The van der Waals surface area contributed by atoms with Crippen LogP contribution in [0, 0.1) is 0 Å². The van der Waals surface area contributed by atoms with Gasteiger partial charge in [0.1, 0.15) is 15.9 Å². The van der Waals surface area contributed by atoms with E-state index in [2.05, 4.69) is 9.97 Å². The highest BCUT2D eigenvalue weighted by Gasteiger charge is 2.17. The number of hydrogen-bond donors (Lipinski definition) is 0. The van der Waals surface area contributed by atoms with Crippen LogP contribution in [0.25, 0.3) is 37.2 Å². The summed E-state index contributed by atoms with van der Waals surface area (Å²) in [7, 11) is 3.94. The van der Waals surface area contributed by atoms with Crippen molar-refractivity contribution in [3.05, 3.63) is 82.5 Å². The van der Waals surface area contributed by atoms with Gasteiger partial charge in [0, 0.05) is 30.9 Å². The fourth-order valence-corrected chi connectivity index (χ4v) is 4.90. The summed E-state index contributed by atoms with van der Waals surface area (Å²) in [5.41, 5.74) is 4.18. The van der Waals surface area contributed by atoms with E-state index in [-0.39, 0.29) is 5.56 Å². The summed E-state index contributed by atoms with van der Waals surface area (Å²) in [6.07, 6.45) is 3.35. The number of aromatic nitrogens is 3. The lowest BCUT2D eigenvalue weighted by atomic mass is 10.1. The minimum Gasteiger partial charge on any atom is -0.377 e. The Bertz CT molecular complexity index is 1470. The number of halogens is 1. The molecule has 3 aromatic heterocycles. The van der Waals surface area contributed by atoms with Crippen LogP contribution >= 0.6 is 22.9 Å². The molecule has 7 heteroatoms. The lowest BCUT2D eigenvalue weighted by Gasteiger charge is -2.13. The molecule has 148 valence electrons. The van der Waals surface area contributed by atoms with Crippen molar-refractivity contribution >= 4 is 49.1 Å². The van der Waals surface area contributed by atoms with Crippen LogP contribution in [0.1, 0.15) is 0 Å². The van der Waals surface area contributed by atoms with Crippen LogP contribution in [0.3, 0.4) is 0 Å². The van der Waals surface area contributed by atoms with Crippen molar-refractivity contribution in [1.82, 2.24) is 14.5 Å². The first-order valence-corrected chi connectivity index (χ1v) is 10.6. The average Bonchev–Trinajstić information content (AvgIpc) is 3.14. The maximum absolute atomic E-state index is 13.4. The predicted molar refractivity (Wildman–Crippen MR) is 125 cm³/mol. The number of pyridine rings is 1. The van der Waals surface area contributed by atoms with Gasteiger partial charge in [0.2, 0.25) is 0 Å². The number of fused-ring (bicyclic) bond motifs is 3. The van der Waals surface area contributed by atoms with Crippen molar-refractivity contribution in [1.29, 1.82) is 0 Å². The number of nitrogens with zero attached hydrogens (tertiary/aromatic N) is 4. The topological polar surface area (TPSA) is 51.0 Å². The van der Waals surface area contributed by atoms with Gasteiger partial charge >= 0.3 is 0 Å². The molecule has 0 spiro atoms. The van der Waals surface area contributed by atoms with E-state index in [1.165, 1.54) is 11.3 Å². The van der Waals surface area contributed by atoms with E-state index in [1.54, 1.807) is 17.1 Å². The molecule has 0 atom stereocenters. The van der Waals surface area contributed by atoms with E-state index in [0.717, 1.165) is 32.7 Å². The third-order valence-electron chi connectivity index (χ3n) is 5.05. The molecule has 0 fully saturated rings. The van der Waals surface area contributed by atoms with Crippen LogP contribution < -0.4 is 10.5 Å². The quantitative estimate of drug-likeness (QED) is 0.384. The zero-order valence-electron chi connectivity index (χ0n) is 16.3. The highest BCUT2D eigenvalue weighted by molar-refractivity contribution is 7.25. The number of hydrogen-bond acceptors (Lipinski definition) is 5. The van der Waals surface area contributed by atoms with Gasteiger partial charge in [-0.2, -0.15) is 0 Å². The maximum Gasteiger partial charge on any atom is 0.275 e. The minimum absolute atomic E-state index is 0.107. The molecule has 0 unspecified atom stereocenters. The van der Waals surface area contributed by atoms with E-state index in [1.807, 2.05) is 73.6 Å². The summed E-state index contributed by atoms with van der Waals surface area (Å²) in [5.74, 6) is 0. The number of rotatable bonds is 3. The van der Waals surface area contributed by atoms with Crippen molar-refractivity contribution < 1.29 is 0 Å². The lowest BCUT2D eigenvalue weighted by Crippen LogP contribution is -2.17. The van der Waals surface area contributed by atoms with Crippen molar-refractivity contribution in [3.8, 4) is 16.8 Å². The molecule has 0 N–H and O–H groups in total. The monoisotopic (exact) mass is 432 g/mol. The molecule has 30 heavy (non-hydrogen) atoms. The zero-order valence-corrected chi connectivity index (χ0v) is 17.9. The van der Waals surface area contributed by atoms with Crippen LogP contribution in [-0.2, 0) is 0 Å². The van der Waals surface area contributed by atoms with Crippen LogP contribution in [0.2, 0.25) is 5.02 Å². The Labute approximate surface area is 181 Å². The molecular weight excluding hydrogens is 416 g/mol. The first-order valence-electron chi connectivity index (χ1n) is 9.36. The lowest BCUT2D eigenvalue weighted by molar-refractivity contribution is 0.968. The van der Waals surface area contributed by atoms with Crippen molar-refractivity contribution in [2.45, 2.75) is 0 Å². The number of thiophene rings is 1. The first-order chi connectivity index (χ1) is 14.5. The molecule has 5 aromatic rings. The third-order valence-corrected chi connectivity index (χ3v) is 6.46. The zero-order chi connectivity index (χ0) is 20.8. The fraction of sp³-hybridized carbons (Fsp3) is 0.0870. The predicted octanol–water partition coefficient (Wildman–Crippen LogP) is 5.38. The van der Waals surface area contributed by atoms with E-state index in [9.17, 15) is 4.79 Å². The van der Waals surface area contributed by atoms with Gasteiger partial charge in [0.05, 0.1) is 22.3 Å². The Kier molecular flexibility index (Phi) is 4.53. The molecule has 5 nitrogen and oxygen atoms in total. The molecule has 0 aliphatic heterocycles. The van der Waals surface area contributed by atoms with E-state index >= 15 is 0 Å². The third kappa shape index (κ3) is 2.96. The van der Waals surface area contributed by atoms with Gasteiger partial charge in [-0.15, -0.1) is 11.3 Å². The Morgan fingerprint density at radius 3 is 2.67 bits per heavy atom. The summed E-state index contributed by atoms with van der Waals surface area (Å²) in [6, 6.07) is 17.3. The summed E-state index contributed by atoms with van der Waals surface area (Å²) >= 11 is 7.74. The molecule has 3 heterocycles. The molecule has 2 aromatic carbocycles. The van der Waals surface area contributed by atoms with E-state index in [4.69, 9.17) is 11.6 Å². The second kappa shape index (κ2) is 7.23. The van der Waals surface area contributed by atoms with Gasteiger partial charge < -0.3 is 4.90 Å². The van der Waals surface area contributed by atoms with Gasteiger partial charge in [-0.05, 0) is 29.8 Å². The largest absolute Gasteiger partial charge is 0.377 e. The van der Waals surface area contributed by atoms with Gasteiger partial charge in [0.25, 0.3) is 5.56 Å². The standard InChI is InChI=1S/C23H17ClN4OS/c1-27(2)18-10-11-25-22-19(18)20-21(30-22)23(29)28(13-26-20)15-7-5-6-14(12-15)16-8-3-4-9-17(16)24/h3-13H,1-2H3. The van der Waals surface area contributed by atoms with Crippen molar-refractivity contribution in [2.24, 2.45) is 0 Å². The molecule has 0 radical (unpaired) electrons. The maximum atomic E-state index is 13.4. The molecular formula is C23H17ClN4OS. The molecule has 5 rings (SSSR count). The van der Waals surface area contributed by atoms with Crippen LogP contribution in [0.4, 0.5) is 5.69 Å². The van der Waals surface area contributed by atoms with E-state index in [0.29, 0.717) is 15.2 Å². The van der Waals surface area contributed by atoms with Crippen molar-refractivity contribution in [2.75, 3.05) is 19.0 Å². The molecule has 0 aliphatic carbocycles. The van der Waals surface area contributed by atoms with Gasteiger partial charge in [-0.25, -0.2) is 9.97 Å². The molecule has 0 bridgehead atoms. The van der Waals surface area contributed by atoms with Gasteiger partial charge in [-0.3, -0.25) is 9.36 Å². The number of benzene rings is 2. The van der Waals surface area contributed by atoms with Crippen LogP contribution in [0.5, 0.6) is 0 Å². The molecule has 0 saturated heterocycles. The van der Waals surface area contributed by atoms with E-state index < -0.39 is 0 Å². The average molecular weight is 433 g/mol. The summed E-state index contributed by atoms with van der Waals surface area (Å²) in [6.45, 7) is 0. The first kappa shape index (κ1) is 18.8. The molecule has 0 amide bonds. The van der Waals surface area contributed by atoms with Gasteiger partial charge in [-0.1, -0.05) is 41.9 Å².